The lowest BCUT2D eigenvalue weighted by molar-refractivity contribution is 0.498. The van der Waals surface area contributed by atoms with Crippen LogP contribution in [-0.4, -0.2) is 20.5 Å². The number of thioether (sulfide) groups is 1. The number of hydrogen-bond donors (Lipinski definition) is 0. The lowest BCUT2D eigenvalue weighted by atomic mass is 10.1. The van der Waals surface area contributed by atoms with Gasteiger partial charge in [-0.3, -0.25) is 0 Å². The largest absolute Gasteiger partial charge is 0.302 e. The van der Waals surface area contributed by atoms with E-state index in [0.29, 0.717) is 5.92 Å². The van der Waals surface area contributed by atoms with Gasteiger partial charge in [0.15, 0.2) is 11.0 Å². The standard InChI is InChI=1S/C21H24ClN3S/c1-16(2)15-25-20(18-10-12-19(22)13-11-18)23-24-21(25)26-14-6-9-17-7-4-3-5-8-17/h3-5,7-8,10-13,16H,6,9,14-15H2,1-2H3. The van der Waals surface area contributed by atoms with Crippen LogP contribution in [0.5, 0.6) is 0 Å². The molecule has 0 saturated carbocycles. The Balaban J connectivity index is 1.69. The number of halogens is 1. The molecule has 0 atom stereocenters. The third-order valence-corrected chi connectivity index (χ3v) is 5.36. The van der Waals surface area contributed by atoms with Gasteiger partial charge < -0.3 is 4.57 Å². The van der Waals surface area contributed by atoms with Crippen LogP contribution in [0.15, 0.2) is 59.8 Å². The van der Waals surface area contributed by atoms with Crippen molar-refractivity contribution in [1.29, 1.82) is 0 Å². The third kappa shape index (κ3) is 5.12. The summed E-state index contributed by atoms with van der Waals surface area (Å²) in [7, 11) is 0. The Hall–Kier alpha value is -1.78. The summed E-state index contributed by atoms with van der Waals surface area (Å²) in [5, 5.41) is 10.6. The van der Waals surface area contributed by atoms with Gasteiger partial charge in [-0.15, -0.1) is 10.2 Å². The highest BCUT2D eigenvalue weighted by atomic mass is 35.5. The predicted molar refractivity (Wildman–Crippen MR) is 111 cm³/mol. The van der Waals surface area contributed by atoms with Gasteiger partial charge >= 0.3 is 0 Å². The van der Waals surface area contributed by atoms with E-state index in [4.69, 9.17) is 11.6 Å². The Kier molecular flexibility index (Phi) is 6.75. The van der Waals surface area contributed by atoms with Gasteiger partial charge in [0.2, 0.25) is 0 Å². The molecule has 26 heavy (non-hydrogen) atoms. The molecule has 3 aromatic rings. The molecule has 0 bridgehead atoms. The molecule has 1 heterocycles. The molecule has 0 aliphatic heterocycles. The van der Waals surface area contributed by atoms with Crippen LogP contribution in [0.4, 0.5) is 0 Å². The molecule has 136 valence electrons. The maximum absolute atomic E-state index is 6.02. The zero-order valence-corrected chi connectivity index (χ0v) is 16.8. The molecular formula is C21H24ClN3S. The molecule has 0 aliphatic rings. The Morgan fingerprint density at radius 3 is 2.42 bits per heavy atom. The number of aryl methyl sites for hydroxylation is 1. The SMILES string of the molecule is CC(C)Cn1c(SCCCc2ccccc2)nnc1-c1ccc(Cl)cc1. The van der Waals surface area contributed by atoms with Crippen LogP contribution in [0.2, 0.25) is 5.02 Å². The van der Waals surface area contributed by atoms with E-state index in [-0.39, 0.29) is 0 Å². The molecule has 0 spiro atoms. The summed E-state index contributed by atoms with van der Waals surface area (Å²) in [5.41, 5.74) is 2.44. The minimum atomic E-state index is 0.528. The van der Waals surface area contributed by atoms with Crippen molar-refractivity contribution in [2.75, 3.05) is 5.75 Å². The summed E-state index contributed by atoms with van der Waals surface area (Å²) >= 11 is 7.81. The van der Waals surface area contributed by atoms with Crippen LogP contribution in [0.25, 0.3) is 11.4 Å². The minimum absolute atomic E-state index is 0.528. The monoisotopic (exact) mass is 385 g/mol. The molecule has 1 aromatic heterocycles. The van der Waals surface area contributed by atoms with E-state index >= 15 is 0 Å². The third-order valence-electron chi connectivity index (χ3n) is 4.05. The summed E-state index contributed by atoms with van der Waals surface area (Å²) < 4.78 is 2.24. The predicted octanol–water partition coefficient (Wildman–Crippen LogP) is 5.98. The van der Waals surface area contributed by atoms with Crippen LogP contribution < -0.4 is 0 Å². The van der Waals surface area contributed by atoms with Crippen LogP contribution in [-0.2, 0) is 13.0 Å². The second-order valence-corrected chi connectivity index (χ2v) is 8.25. The summed E-state index contributed by atoms with van der Waals surface area (Å²) in [6.45, 7) is 5.34. The second kappa shape index (κ2) is 9.24. The molecule has 0 fully saturated rings. The highest BCUT2D eigenvalue weighted by Crippen LogP contribution is 2.26. The van der Waals surface area contributed by atoms with E-state index in [2.05, 4.69) is 58.9 Å². The summed E-state index contributed by atoms with van der Waals surface area (Å²) in [5.74, 6) is 2.48. The Morgan fingerprint density at radius 1 is 1.00 bits per heavy atom. The van der Waals surface area contributed by atoms with Crippen LogP contribution in [0.3, 0.4) is 0 Å². The molecule has 0 amide bonds. The van der Waals surface area contributed by atoms with Crippen molar-refractivity contribution < 1.29 is 0 Å². The highest BCUT2D eigenvalue weighted by molar-refractivity contribution is 7.99. The molecule has 0 aliphatic carbocycles. The summed E-state index contributed by atoms with van der Waals surface area (Å²) in [6, 6.07) is 18.4. The molecule has 0 saturated heterocycles. The molecular weight excluding hydrogens is 362 g/mol. The Labute approximate surface area is 164 Å². The maximum atomic E-state index is 6.02. The fraction of sp³-hybridized carbons (Fsp3) is 0.333. The number of rotatable bonds is 8. The van der Waals surface area contributed by atoms with E-state index in [1.165, 1.54) is 5.56 Å². The molecule has 5 heteroatoms. The quantitative estimate of drug-likeness (QED) is 0.353. The van der Waals surface area contributed by atoms with Crippen LogP contribution in [0, 0.1) is 5.92 Å². The minimum Gasteiger partial charge on any atom is -0.302 e. The van der Waals surface area contributed by atoms with E-state index in [1.54, 1.807) is 11.8 Å². The van der Waals surface area contributed by atoms with Gasteiger partial charge in [-0.05, 0) is 48.6 Å². The zero-order chi connectivity index (χ0) is 18.4. The number of nitrogens with zero attached hydrogens (tertiary/aromatic N) is 3. The Morgan fingerprint density at radius 2 is 1.73 bits per heavy atom. The highest BCUT2D eigenvalue weighted by Gasteiger charge is 2.15. The first-order chi connectivity index (χ1) is 12.6. The van der Waals surface area contributed by atoms with E-state index in [1.807, 2.05) is 24.3 Å². The average Bonchev–Trinajstić information content (AvgIpc) is 3.02. The van der Waals surface area contributed by atoms with Crippen molar-refractivity contribution >= 4 is 23.4 Å². The van der Waals surface area contributed by atoms with Crippen molar-refractivity contribution in [3.63, 3.8) is 0 Å². The number of aromatic nitrogens is 3. The molecule has 0 unspecified atom stereocenters. The van der Waals surface area contributed by atoms with Crippen molar-refractivity contribution in [3.8, 4) is 11.4 Å². The van der Waals surface area contributed by atoms with Gasteiger partial charge in [0.25, 0.3) is 0 Å². The van der Waals surface area contributed by atoms with Crippen LogP contribution in [0.1, 0.15) is 25.8 Å². The molecule has 0 radical (unpaired) electrons. The zero-order valence-electron chi connectivity index (χ0n) is 15.2. The first-order valence-corrected chi connectivity index (χ1v) is 10.4. The lowest BCUT2D eigenvalue weighted by Gasteiger charge is -2.12. The van der Waals surface area contributed by atoms with Gasteiger partial charge in [-0.2, -0.15) is 0 Å². The van der Waals surface area contributed by atoms with Crippen molar-refractivity contribution in [1.82, 2.24) is 14.8 Å². The summed E-state index contributed by atoms with van der Waals surface area (Å²) in [6.07, 6.45) is 2.22. The van der Waals surface area contributed by atoms with Gasteiger partial charge in [0, 0.05) is 22.9 Å². The molecule has 3 rings (SSSR count). The summed E-state index contributed by atoms with van der Waals surface area (Å²) in [4.78, 5) is 0. The van der Waals surface area contributed by atoms with Crippen molar-refractivity contribution in [3.05, 3.63) is 65.2 Å². The lowest BCUT2D eigenvalue weighted by Crippen LogP contribution is -2.08. The van der Waals surface area contributed by atoms with E-state index in [9.17, 15) is 0 Å². The normalized spacial score (nSPS) is 11.2. The fourth-order valence-corrected chi connectivity index (χ4v) is 3.83. The molecule has 2 aromatic carbocycles. The van der Waals surface area contributed by atoms with Crippen molar-refractivity contribution in [2.24, 2.45) is 5.92 Å². The van der Waals surface area contributed by atoms with Gasteiger partial charge in [0.05, 0.1) is 0 Å². The van der Waals surface area contributed by atoms with Crippen LogP contribution >= 0.6 is 23.4 Å². The second-order valence-electron chi connectivity index (χ2n) is 6.76. The first-order valence-electron chi connectivity index (χ1n) is 8.99. The molecule has 3 nitrogen and oxygen atoms in total. The fourth-order valence-electron chi connectivity index (χ4n) is 2.82. The number of benzene rings is 2. The van der Waals surface area contributed by atoms with Crippen molar-refractivity contribution in [2.45, 2.75) is 38.4 Å². The molecule has 0 N–H and O–H groups in total. The first kappa shape index (κ1) is 19.0. The topological polar surface area (TPSA) is 30.7 Å². The van der Waals surface area contributed by atoms with E-state index < -0.39 is 0 Å². The average molecular weight is 386 g/mol. The maximum Gasteiger partial charge on any atom is 0.191 e. The van der Waals surface area contributed by atoms with Gasteiger partial charge in [-0.1, -0.05) is 67.5 Å². The van der Waals surface area contributed by atoms with E-state index in [0.717, 1.165) is 46.7 Å². The van der Waals surface area contributed by atoms with Gasteiger partial charge in [0.1, 0.15) is 0 Å². The van der Waals surface area contributed by atoms with Gasteiger partial charge in [-0.25, -0.2) is 0 Å². The smallest absolute Gasteiger partial charge is 0.191 e. The Bertz CT molecular complexity index is 813. The number of hydrogen-bond acceptors (Lipinski definition) is 3.